The van der Waals surface area contributed by atoms with E-state index in [1.54, 1.807) is 30.3 Å². The number of para-hydroxylation sites is 1. The average molecular weight is 442 g/mol. The van der Waals surface area contributed by atoms with Gasteiger partial charge in [0.25, 0.3) is 10.0 Å². The molecule has 0 aliphatic rings. The molecule has 3 aromatic carbocycles. The van der Waals surface area contributed by atoms with Crippen molar-refractivity contribution in [1.29, 1.82) is 0 Å². The highest BCUT2D eigenvalue weighted by atomic mass is 32.2. The van der Waals surface area contributed by atoms with Crippen LogP contribution in [0.5, 0.6) is 0 Å². The van der Waals surface area contributed by atoms with E-state index in [9.17, 15) is 17.6 Å². The number of hydrogen-bond acceptors (Lipinski definition) is 4. The van der Waals surface area contributed by atoms with E-state index in [4.69, 9.17) is 0 Å². The Kier molecular flexibility index (Phi) is 6.04. The Hall–Kier alpha value is -3.76. The third kappa shape index (κ3) is 4.55. The number of H-pyrrole nitrogens is 1. The Morgan fingerprint density at radius 2 is 1.81 bits per heavy atom. The molecule has 0 saturated carbocycles. The molecule has 0 fully saturated rings. The lowest BCUT2D eigenvalue weighted by molar-refractivity contribution is -0.114. The van der Waals surface area contributed by atoms with Crippen LogP contribution in [-0.2, 0) is 14.8 Å². The lowest BCUT2D eigenvalue weighted by Gasteiger charge is -2.10. The maximum Gasteiger partial charge on any atom is 0.261 e. The Balaban J connectivity index is 0.00000272. The maximum absolute atomic E-state index is 13.4. The third-order valence-corrected chi connectivity index (χ3v) is 5.79. The van der Waals surface area contributed by atoms with Gasteiger partial charge in [-0.1, -0.05) is 24.3 Å². The molecule has 10 heteroatoms. The van der Waals surface area contributed by atoms with Crippen molar-refractivity contribution in [2.75, 3.05) is 10.0 Å². The summed E-state index contributed by atoms with van der Waals surface area (Å²) in [5, 5.41) is 10.7. The van der Waals surface area contributed by atoms with Gasteiger partial charge in [-0.2, -0.15) is 5.10 Å². The van der Waals surface area contributed by atoms with Crippen LogP contribution >= 0.6 is 0 Å². The Labute approximate surface area is 177 Å². The summed E-state index contributed by atoms with van der Waals surface area (Å²) in [5.74, 6) is -0.856. The van der Waals surface area contributed by atoms with E-state index in [0.717, 1.165) is 6.07 Å². The fraction of sp³-hybridized carbons (Fsp3) is 0.0476. The highest BCUT2D eigenvalue weighted by molar-refractivity contribution is 7.92. The molecule has 0 radical (unpaired) electrons. The molecule has 160 valence electrons. The molecule has 0 saturated heterocycles. The zero-order chi connectivity index (χ0) is 21.3. The van der Waals surface area contributed by atoms with Crippen LogP contribution in [-0.4, -0.2) is 30.0 Å². The van der Waals surface area contributed by atoms with Crippen molar-refractivity contribution in [2.45, 2.75) is 11.8 Å². The van der Waals surface area contributed by atoms with Crippen molar-refractivity contribution >= 4 is 38.2 Å². The van der Waals surface area contributed by atoms with Crippen molar-refractivity contribution in [3.05, 3.63) is 72.5 Å². The predicted molar refractivity (Wildman–Crippen MR) is 117 cm³/mol. The van der Waals surface area contributed by atoms with Gasteiger partial charge in [0.05, 0.1) is 16.1 Å². The summed E-state index contributed by atoms with van der Waals surface area (Å²) in [6, 6.07) is 16.9. The summed E-state index contributed by atoms with van der Waals surface area (Å²) in [5.41, 5.74) is 2.82. The lowest BCUT2D eigenvalue weighted by Crippen LogP contribution is -2.13. The minimum atomic E-state index is -3.97. The summed E-state index contributed by atoms with van der Waals surface area (Å²) in [4.78, 5) is 11.4. The molecule has 0 spiro atoms. The molecule has 0 atom stereocenters. The van der Waals surface area contributed by atoms with E-state index in [0.29, 0.717) is 33.5 Å². The van der Waals surface area contributed by atoms with E-state index in [2.05, 4.69) is 20.2 Å². The van der Waals surface area contributed by atoms with Crippen molar-refractivity contribution < 1.29 is 23.1 Å². The van der Waals surface area contributed by atoms with Crippen LogP contribution in [0.4, 0.5) is 15.8 Å². The molecule has 31 heavy (non-hydrogen) atoms. The summed E-state index contributed by atoms with van der Waals surface area (Å²) >= 11 is 0. The van der Waals surface area contributed by atoms with Gasteiger partial charge >= 0.3 is 0 Å². The Bertz CT molecular complexity index is 1370. The second-order valence-electron chi connectivity index (χ2n) is 6.62. The third-order valence-electron chi connectivity index (χ3n) is 4.41. The normalized spacial score (nSPS) is 11.0. The van der Waals surface area contributed by atoms with Gasteiger partial charge in [-0.3, -0.25) is 14.6 Å². The molecule has 1 heterocycles. The molecule has 1 amide bonds. The van der Waals surface area contributed by atoms with E-state index < -0.39 is 15.8 Å². The number of amides is 1. The number of halogens is 1. The first kappa shape index (κ1) is 21.9. The van der Waals surface area contributed by atoms with Crippen LogP contribution < -0.4 is 10.0 Å². The molecule has 1 aromatic heterocycles. The number of nitrogens with one attached hydrogen (secondary N) is 3. The number of fused-ring (bicyclic) bond motifs is 1. The number of rotatable bonds is 5. The summed E-state index contributed by atoms with van der Waals surface area (Å²) in [6.07, 6.45) is 0. The molecule has 8 nitrogen and oxygen atoms in total. The van der Waals surface area contributed by atoms with E-state index in [-0.39, 0.29) is 16.3 Å². The number of carbonyl (C=O) groups is 1. The largest absolute Gasteiger partial charge is 0.412 e. The van der Waals surface area contributed by atoms with Crippen molar-refractivity contribution in [1.82, 2.24) is 10.2 Å². The van der Waals surface area contributed by atoms with Gasteiger partial charge in [-0.15, -0.1) is 0 Å². The van der Waals surface area contributed by atoms with Gasteiger partial charge in [0.1, 0.15) is 11.5 Å². The van der Waals surface area contributed by atoms with Gasteiger partial charge in [0.2, 0.25) is 5.91 Å². The molecule has 0 unspecified atom stereocenters. The van der Waals surface area contributed by atoms with Gasteiger partial charge in [0, 0.05) is 23.6 Å². The standard InChI is InChI=1S/C21H17FN4O3S.H2O/c1-13(27)23-19-8-3-2-7-17(19)21-18-12-15(9-10-20(18)24-25-21)26-30(28,29)16-6-4-5-14(22)11-16;/h2-12,26H,1H3,(H,23,27)(H,24,25);1H2. The molecular weight excluding hydrogens is 423 g/mol. The lowest BCUT2D eigenvalue weighted by atomic mass is 10.1. The molecule has 0 aliphatic heterocycles. The smallest absolute Gasteiger partial charge is 0.261 e. The van der Waals surface area contributed by atoms with Crippen LogP contribution in [0.25, 0.3) is 22.2 Å². The monoisotopic (exact) mass is 442 g/mol. The minimum absolute atomic E-state index is 0. The van der Waals surface area contributed by atoms with Crippen LogP contribution in [0, 0.1) is 5.82 Å². The zero-order valence-electron chi connectivity index (χ0n) is 16.3. The van der Waals surface area contributed by atoms with Gasteiger partial charge in [0.15, 0.2) is 0 Å². The van der Waals surface area contributed by atoms with Crippen molar-refractivity contribution in [2.24, 2.45) is 0 Å². The van der Waals surface area contributed by atoms with Crippen LogP contribution in [0.2, 0.25) is 0 Å². The number of hydrogen-bond donors (Lipinski definition) is 3. The zero-order valence-corrected chi connectivity index (χ0v) is 17.1. The summed E-state index contributed by atoms with van der Waals surface area (Å²) in [7, 11) is -3.97. The number of aromatic amines is 1. The van der Waals surface area contributed by atoms with Gasteiger partial charge < -0.3 is 10.8 Å². The SMILES string of the molecule is CC(=O)Nc1ccccc1-c1n[nH]c2ccc(NS(=O)(=O)c3cccc(F)c3)cc12.O. The van der Waals surface area contributed by atoms with Crippen LogP contribution in [0.15, 0.2) is 71.6 Å². The molecular formula is C21H19FN4O4S. The quantitative estimate of drug-likeness (QED) is 0.437. The average Bonchev–Trinajstić information content (AvgIpc) is 3.11. The summed E-state index contributed by atoms with van der Waals surface area (Å²) in [6.45, 7) is 1.42. The fourth-order valence-electron chi connectivity index (χ4n) is 3.12. The van der Waals surface area contributed by atoms with Crippen molar-refractivity contribution in [3.8, 4) is 11.3 Å². The fourth-order valence-corrected chi connectivity index (χ4v) is 4.20. The topological polar surface area (TPSA) is 135 Å². The van der Waals surface area contributed by atoms with Gasteiger partial charge in [-0.25, -0.2) is 12.8 Å². The first-order valence-corrected chi connectivity index (χ1v) is 10.5. The number of anilines is 2. The second-order valence-corrected chi connectivity index (χ2v) is 8.30. The number of benzene rings is 3. The number of carbonyl (C=O) groups excluding carboxylic acids is 1. The second kappa shape index (κ2) is 8.54. The first-order chi connectivity index (χ1) is 14.3. The van der Waals surface area contributed by atoms with Gasteiger partial charge in [-0.05, 0) is 42.5 Å². The highest BCUT2D eigenvalue weighted by Crippen LogP contribution is 2.33. The highest BCUT2D eigenvalue weighted by Gasteiger charge is 2.17. The molecule has 0 aliphatic carbocycles. The molecule has 5 N–H and O–H groups in total. The maximum atomic E-state index is 13.4. The molecule has 4 aromatic rings. The molecule has 4 rings (SSSR count). The Morgan fingerprint density at radius 3 is 2.55 bits per heavy atom. The predicted octanol–water partition coefficient (Wildman–Crippen LogP) is 3.30. The number of aromatic nitrogens is 2. The number of nitrogens with zero attached hydrogens (tertiary/aromatic N) is 1. The van der Waals surface area contributed by atoms with E-state index >= 15 is 0 Å². The van der Waals surface area contributed by atoms with Crippen LogP contribution in [0.1, 0.15) is 6.92 Å². The minimum Gasteiger partial charge on any atom is -0.412 e. The van der Waals surface area contributed by atoms with E-state index in [1.807, 2.05) is 12.1 Å². The number of sulfonamides is 1. The van der Waals surface area contributed by atoms with Crippen LogP contribution in [0.3, 0.4) is 0 Å². The van der Waals surface area contributed by atoms with E-state index in [1.165, 1.54) is 25.1 Å². The Morgan fingerprint density at radius 1 is 1.03 bits per heavy atom. The molecule has 0 bridgehead atoms. The first-order valence-electron chi connectivity index (χ1n) is 8.97. The summed E-state index contributed by atoms with van der Waals surface area (Å²) < 4.78 is 41.1. The van der Waals surface area contributed by atoms with Crippen molar-refractivity contribution in [3.63, 3.8) is 0 Å².